The van der Waals surface area contributed by atoms with Crippen molar-refractivity contribution >= 4 is 33.9 Å². The summed E-state index contributed by atoms with van der Waals surface area (Å²) in [6, 6.07) is 2.98. The molecule has 1 saturated heterocycles. The lowest BCUT2D eigenvalue weighted by Gasteiger charge is -2.36. The van der Waals surface area contributed by atoms with Gasteiger partial charge >= 0.3 is 0 Å². The molecule has 1 unspecified atom stereocenters. The van der Waals surface area contributed by atoms with Crippen molar-refractivity contribution in [3.8, 4) is 0 Å². The molecule has 1 aromatic rings. The standard InChI is InChI=1S/C15H22INOS/c1-15(5-7-18-8-6-15)10-17-12-3-2-4-13-11(12)9-14(16)19-13/h9,12,17H,2-8,10H2,1H3. The highest BCUT2D eigenvalue weighted by Crippen LogP contribution is 2.37. The van der Waals surface area contributed by atoms with Crippen LogP contribution in [0.25, 0.3) is 0 Å². The van der Waals surface area contributed by atoms with Crippen molar-refractivity contribution in [2.24, 2.45) is 5.41 Å². The summed E-state index contributed by atoms with van der Waals surface area (Å²) in [7, 11) is 0. The highest BCUT2D eigenvalue weighted by molar-refractivity contribution is 14.1. The molecule has 0 bridgehead atoms. The van der Waals surface area contributed by atoms with Crippen molar-refractivity contribution in [3.05, 3.63) is 19.4 Å². The van der Waals surface area contributed by atoms with Gasteiger partial charge in [0.15, 0.2) is 0 Å². The molecule has 0 saturated carbocycles. The van der Waals surface area contributed by atoms with E-state index in [1.165, 1.54) is 35.0 Å². The number of aryl methyl sites for hydroxylation is 1. The molecule has 2 heterocycles. The highest BCUT2D eigenvalue weighted by atomic mass is 127. The fourth-order valence-electron chi connectivity index (χ4n) is 3.14. The van der Waals surface area contributed by atoms with Gasteiger partial charge in [0, 0.05) is 30.7 Å². The molecule has 0 aromatic carbocycles. The molecule has 106 valence electrons. The number of rotatable bonds is 3. The minimum atomic E-state index is 0.430. The normalized spacial score (nSPS) is 26.1. The van der Waals surface area contributed by atoms with Crippen LogP contribution < -0.4 is 5.32 Å². The minimum Gasteiger partial charge on any atom is -0.381 e. The SMILES string of the molecule is CC1(CNC2CCCc3sc(I)cc32)CCOCC1. The van der Waals surface area contributed by atoms with E-state index in [2.05, 4.69) is 40.9 Å². The zero-order chi connectivity index (χ0) is 13.3. The molecular formula is C15H22INOS. The molecular weight excluding hydrogens is 369 g/mol. The number of thiophene rings is 1. The first-order chi connectivity index (χ1) is 9.16. The molecule has 19 heavy (non-hydrogen) atoms. The van der Waals surface area contributed by atoms with Crippen LogP contribution in [0.3, 0.4) is 0 Å². The number of ether oxygens (including phenoxy) is 1. The zero-order valence-electron chi connectivity index (χ0n) is 11.5. The van der Waals surface area contributed by atoms with Gasteiger partial charge in [-0.1, -0.05) is 6.92 Å². The number of hydrogen-bond donors (Lipinski definition) is 1. The smallest absolute Gasteiger partial charge is 0.0659 e. The second-order valence-electron chi connectivity index (χ2n) is 6.18. The third kappa shape index (κ3) is 3.34. The van der Waals surface area contributed by atoms with E-state index in [0.717, 1.165) is 19.8 Å². The summed E-state index contributed by atoms with van der Waals surface area (Å²) >= 11 is 4.44. The molecule has 4 heteroatoms. The van der Waals surface area contributed by atoms with Crippen LogP contribution in [0.2, 0.25) is 0 Å². The maximum absolute atomic E-state index is 5.49. The Bertz CT molecular complexity index is 439. The van der Waals surface area contributed by atoms with E-state index < -0.39 is 0 Å². The van der Waals surface area contributed by atoms with Crippen molar-refractivity contribution < 1.29 is 4.74 Å². The molecule has 1 aromatic heterocycles. The zero-order valence-corrected chi connectivity index (χ0v) is 14.5. The van der Waals surface area contributed by atoms with Crippen LogP contribution in [0.5, 0.6) is 0 Å². The third-order valence-electron chi connectivity index (χ3n) is 4.56. The first-order valence-electron chi connectivity index (χ1n) is 7.26. The lowest BCUT2D eigenvalue weighted by atomic mass is 9.81. The maximum atomic E-state index is 5.49. The Kier molecular flexibility index (Phi) is 4.51. The fraction of sp³-hybridized carbons (Fsp3) is 0.733. The van der Waals surface area contributed by atoms with Crippen molar-refractivity contribution in [3.63, 3.8) is 0 Å². The number of fused-ring (bicyclic) bond motifs is 1. The summed E-state index contributed by atoms with van der Waals surface area (Å²) in [5, 5.41) is 3.85. The predicted molar refractivity (Wildman–Crippen MR) is 88.9 cm³/mol. The first-order valence-corrected chi connectivity index (χ1v) is 9.15. The van der Waals surface area contributed by atoms with Gasteiger partial charge in [0.25, 0.3) is 0 Å². The van der Waals surface area contributed by atoms with E-state index in [1.54, 1.807) is 10.4 Å². The quantitative estimate of drug-likeness (QED) is 0.783. The minimum absolute atomic E-state index is 0.430. The lowest BCUT2D eigenvalue weighted by Crippen LogP contribution is -2.39. The van der Waals surface area contributed by atoms with Gasteiger partial charge in [-0.05, 0) is 71.7 Å². The molecule has 1 aliphatic heterocycles. The molecule has 0 radical (unpaired) electrons. The van der Waals surface area contributed by atoms with Gasteiger partial charge in [-0.25, -0.2) is 0 Å². The molecule has 2 nitrogen and oxygen atoms in total. The third-order valence-corrected chi connectivity index (χ3v) is 6.53. The van der Waals surface area contributed by atoms with Crippen molar-refractivity contribution in [1.82, 2.24) is 5.32 Å². The molecule has 2 aliphatic rings. The Morgan fingerprint density at radius 3 is 3.05 bits per heavy atom. The Morgan fingerprint density at radius 2 is 2.26 bits per heavy atom. The van der Waals surface area contributed by atoms with E-state index >= 15 is 0 Å². The molecule has 0 spiro atoms. The summed E-state index contributed by atoms with van der Waals surface area (Å²) in [4.78, 5) is 1.62. The van der Waals surface area contributed by atoms with Crippen LogP contribution >= 0.6 is 33.9 Å². The van der Waals surface area contributed by atoms with Crippen LogP contribution in [0.1, 0.15) is 49.1 Å². The van der Waals surface area contributed by atoms with Gasteiger partial charge in [0.1, 0.15) is 0 Å². The second-order valence-corrected chi connectivity index (χ2v) is 9.21. The summed E-state index contributed by atoms with van der Waals surface area (Å²) in [6.45, 7) is 5.41. The predicted octanol–water partition coefficient (Wildman–Crippen LogP) is 4.14. The number of halogens is 1. The Labute approximate surface area is 133 Å². The molecule has 3 rings (SSSR count). The van der Waals surface area contributed by atoms with Crippen molar-refractivity contribution in [1.29, 1.82) is 0 Å². The van der Waals surface area contributed by atoms with Gasteiger partial charge in [-0.2, -0.15) is 0 Å². The lowest BCUT2D eigenvalue weighted by molar-refractivity contribution is 0.0226. The molecule has 1 aliphatic carbocycles. The molecule has 1 atom stereocenters. The number of hydrogen-bond acceptors (Lipinski definition) is 3. The molecule has 0 amide bonds. The van der Waals surface area contributed by atoms with E-state index in [9.17, 15) is 0 Å². The van der Waals surface area contributed by atoms with E-state index in [1.807, 2.05) is 11.3 Å². The van der Waals surface area contributed by atoms with Crippen LogP contribution in [0.15, 0.2) is 6.07 Å². The Balaban J connectivity index is 1.64. The Hall–Kier alpha value is 0.350. The van der Waals surface area contributed by atoms with E-state index in [4.69, 9.17) is 4.74 Å². The molecule has 1 N–H and O–H groups in total. The van der Waals surface area contributed by atoms with E-state index in [-0.39, 0.29) is 0 Å². The highest BCUT2D eigenvalue weighted by Gasteiger charge is 2.29. The topological polar surface area (TPSA) is 21.3 Å². The summed E-state index contributed by atoms with van der Waals surface area (Å²) in [5.74, 6) is 0. The van der Waals surface area contributed by atoms with Gasteiger partial charge in [0.2, 0.25) is 0 Å². The maximum Gasteiger partial charge on any atom is 0.0659 e. The second kappa shape index (κ2) is 6.00. The summed E-state index contributed by atoms with van der Waals surface area (Å²) < 4.78 is 6.93. The summed E-state index contributed by atoms with van der Waals surface area (Å²) in [6.07, 6.45) is 6.31. The van der Waals surface area contributed by atoms with Gasteiger partial charge in [-0.3, -0.25) is 0 Å². The van der Waals surface area contributed by atoms with Crippen molar-refractivity contribution in [2.75, 3.05) is 19.8 Å². The Morgan fingerprint density at radius 1 is 1.47 bits per heavy atom. The first kappa shape index (κ1) is 14.3. The van der Waals surface area contributed by atoms with Gasteiger partial charge < -0.3 is 10.1 Å². The van der Waals surface area contributed by atoms with E-state index in [0.29, 0.717) is 11.5 Å². The van der Waals surface area contributed by atoms with Crippen LogP contribution in [-0.2, 0) is 11.2 Å². The van der Waals surface area contributed by atoms with Crippen LogP contribution in [0.4, 0.5) is 0 Å². The monoisotopic (exact) mass is 391 g/mol. The average Bonchev–Trinajstić information content (AvgIpc) is 2.78. The molecule has 1 fully saturated rings. The van der Waals surface area contributed by atoms with Gasteiger partial charge in [0.05, 0.1) is 2.88 Å². The van der Waals surface area contributed by atoms with Crippen molar-refractivity contribution in [2.45, 2.75) is 45.1 Å². The van der Waals surface area contributed by atoms with Gasteiger partial charge in [-0.15, -0.1) is 11.3 Å². The fourth-order valence-corrected chi connectivity index (χ4v) is 5.26. The summed E-state index contributed by atoms with van der Waals surface area (Å²) in [5.41, 5.74) is 2.01. The van der Waals surface area contributed by atoms with Crippen LogP contribution in [-0.4, -0.2) is 19.8 Å². The largest absolute Gasteiger partial charge is 0.381 e. The number of nitrogens with one attached hydrogen (secondary N) is 1. The van der Waals surface area contributed by atoms with Crippen LogP contribution in [0, 0.1) is 8.30 Å². The average molecular weight is 391 g/mol.